The lowest BCUT2D eigenvalue weighted by molar-refractivity contribution is 0.306. The molecule has 5 rings (SSSR count). The maximum Gasteiger partial charge on any atom is 0.137 e. The molecule has 5 nitrogen and oxygen atoms in total. The summed E-state index contributed by atoms with van der Waals surface area (Å²) in [5.74, 6) is 1.66. The molecule has 1 heterocycles. The fraction of sp³-hybridized carbons (Fsp3) is 0.103. The topological polar surface area (TPSA) is 49.2 Å². The zero-order chi connectivity index (χ0) is 23.0. The predicted molar refractivity (Wildman–Crippen MR) is 132 cm³/mol. The summed E-state index contributed by atoms with van der Waals surface area (Å²) in [6.07, 6.45) is 3.30. The molecule has 5 heteroatoms. The Bertz CT molecular complexity index is 1180. The van der Waals surface area contributed by atoms with E-state index in [1.54, 1.807) is 12.7 Å². The lowest BCUT2D eigenvalue weighted by Gasteiger charge is -2.19. The smallest absolute Gasteiger partial charge is 0.137 e. The third-order valence-electron chi connectivity index (χ3n) is 5.59. The maximum absolute atomic E-state index is 5.95. The molecule has 0 amide bonds. The Morgan fingerprint density at radius 3 is 1.47 bits per heavy atom. The molecule has 0 aliphatic carbocycles. The molecule has 5 aromatic rings. The average Bonchev–Trinajstić information content (AvgIpc) is 3.44. The van der Waals surface area contributed by atoms with E-state index in [1.165, 1.54) is 0 Å². The Labute approximate surface area is 199 Å². The standard InChI is InChI=1S/C29H25N3O2/c1-3-7-23(8-4-1)19-33-27-15-11-25(12-16-27)29(32-22-30-21-31-32)26-13-17-28(18-14-26)34-20-24-9-5-2-6-10-24/h1-18,21-22,29H,19-20H2. The van der Waals surface area contributed by atoms with Crippen LogP contribution in [-0.4, -0.2) is 14.8 Å². The van der Waals surface area contributed by atoms with E-state index in [0.717, 1.165) is 33.8 Å². The molecule has 0 N–H and O–H groups in total. The number of ether oxygens (including phenoxy) is 2. The third kappa shape index (κ3) is 5.33. The van der Waals surface area contributed by atoms with Crippen LogP contribution in [0.1, 0.15) is 28.3 Å². The van der Waals surface area contributed by atoms with Gasteiger partial charge in [-0.25, -0.2) is 9.67 Å². The Kier molecular flexibility index (Phi) is 6.62. The van der Waals surface area contributed by atoms with E-state index in [2.05, 4.69) is 58.6 Å². The zero-order valence-electron chi connectivity index (χ0n) is 18.7. The molecule has 34 heavy (non-hydrogen) atoms. The van der Waals surface area contributed by atoms with Crippen molar-refractivity contribution in [2.24, 2.45) is 0 Å². The van der Waals surface area contributed by atoms with Gasteiger partial charge in [0.2, 0.25) is 0 Å². The molecule has 0 aliphatic rings. The SMILES string of the molecule is c1ccc(COc2ccc(C(c3ccc(OCc4ccccc4)cc3)n3cncn3)cc2)cc1. The van der Waals surface area contributed by atoms with Crippen molar-refractivity contribution in [3.05, 3.63) is 144 Å². The molecule has 0 saturated carbocycles. The first-order chi connectivity index (χ1) is 16.8. The van der Waals surface area contributed by atoms with Gasteiger partial charge in [-0.2, -0.15) is 5.10 Å². The molecule has 168 valence electrons. The molecule has 0 saturated heterocycles. The maximum atomic E-state index is 5.95. The van der Waals surface area contributed by atoms with E-state index in [4.69, 9.17) is 9.47 Å². The summed E-state index contributed by atoms with van der Waals surface area (Å²) < 4.78 is 13.8. The van der Waals surface area contributed by atoms with E-state index in [-0.39, 0.29) is 6.04 Å². The van der Waals surface area contributed by atoms with Crippen LogP contribution in [0.3, 0.4) is 0 Å². The van der Waals surface area contributed by atoms with Gasteiger partial charge in [0, 0.05) is 0 Å². The van der Waals surface area contributed by atoms with Gasteiger partial charge in [0.15, 0.2) is 0 Å². The van der Waals surface area contributed by atoms with Crippen LogP contribution < -0.4 is 9.47 Å². The summed E-state index contributed by atoms with van der Waals surface area (Å²) in [6, 6.07) is 36.5. The van der Waals surface area contributed by atoms with Crippen LogP contribution in [0.4, 0.5) is 0 Å². The molecular formula is C29H25N3O2. The van der Waals surface area contributed by atoms with Gasteiger partial charge >= 0.3 is 0 Å². The molecule has 0 aliphatic heterocycles. The van der Waals surface area contributed by atoms with Crippen LogP contribution >= 0.6 is 0 Å². The Balaban J connectivity index is 1.31. The number of nitrogens with zero attached hydrogens (tertiary/aromatic N) is 3. The lowest BCUT2D eigenvalue weighted by atomic mass is 9.98. The molecule has 4 aromatic carbocycles. The highest BCUT2D eigenvalue weighted by atomic mass is 16.5. The minimum absolute atomic E-state index is 0.103. The molecule has 1 aromatic heterocycles. The van der Waals surface area contributed by atoms with E-state index in [9.17, 15) is 0 Å². The first kappa shape index (κ1) is 21.5. The number of aromatic nitrogens is 3. The van der Waals surface area contributed by atoms with Crippen LogP contribution in [0.25, 0.3) is 0 Å². The molecule has 0 spiro atoms. The second-order valence-electron chi connectivity index (χ2n) is 7.96. The lowest BCUT2D eigenvalue weighted by Crippen LogP contribution is -2.13. The van der Waals surface area contributed by atoms with Gasteiger partial charge in [-0.05, 0) is 46.5 Å². The molecule has 0 unspecified atom stereocenters. The van der Waals surface area contributed by atoms with Crippen LogP contribution in [0.2, 0.25) is 0 Å². The molecule has 0 fully saturated rings. The van der Waals surface area contributed by atoms with Crippen molar-refractivity contribution >= 4 is 0 Å². The summed E-state index contributed by atoms with van der Waals surface area (Å²) in [4.78, 5) is 4.16. The van der Waals surface area contributed by atoms with Crippen molar-refractivity contribution in [3.8, 4) is 11.5 Å². The number of hydrogen-bond donors (Lipinski definition) is 0. The second kappa shape index (κ2) is 10.5. The number of rotatable bonds is 9. The Morgan fingerprint density at radius 1 is 0.588 bits per heavy atom. The summed E-state index contributed by atoms with van der Waals surface area (Å²) in [5, 5.41) is 4.41. The molecule has 0 atom stereocenters. The van der Waals surface area contributed by atoms with Gasteiger partial charge < -0.3 is 9.47 Å². The average molecular weight is 448 g/mol. The number of hydrogen-bond acceptors (Lipinski definition) is 4. The monoisotopic (exact) mass is 447 g/mol. The van der Waals surface area contributed by atoms with Crippen molar-refractivity contribution in [2.75, 3.05) is 0 Å². The first-order valence-corrected chi connectivity index (χ1v) is 11.2. The Hall–Kier alpha value is -4.38. The number of benzene rings is 4. The van der Waals surface area contributed by atoms with Gasteiger partial charge in [0.05, 0.1) is 0 Å². The fourth-order valence-electron chi connectivity index (χ4n) is 3.82. The first-order valence-electron chi connectivity index (χ1n) is 11.2. The Morgan fingerprint density at radius 2 is 1.06 bits per heavy atom. The zero-order valence-corrected chi connectivity index (χ0v) is 18.7. The molecule has 0 radical (unpaired) electrons. The summed E-state index contributed by atoms with van der Waals surface area (Å²) >= 11 is 0. The minimum Gasteiger partial charge on any atom is -0.489 e. The van der Waals surface area contributed by atoms with E-state index in [0.29, 0.717) is 13.2 Å². The van der Waals surface area contributed by atoms with Crippen molar-refractivity contribution in [1.29, 1.82) is 0 Å². The van der Waals surface area contributed by atoms with Crippen LogP contribution in [0.5, 0.6) is 11.5 Å². The van der Waals surface area contributed by atoms with Crippen LogP contribution in [0, 0.1) is 0 Å². The van der Waals surface area contributed by atoms with Crippen molar-refractivity contribution in [2.45, 2.75) is 19.3 Å². The van der Waals surface area contributed by atoms with Gasteiger partial charge in [-0.1, -0.05) is 84.9 Å². The largest absolute Gasteiger partial charge is 0.489 e. The van der Waals surface area contributed by atoms with Gasteiger partial charge in [-0.15, -0.1) is 0 Å². The van der Waals surface area contributed by atoms with Crippen LogP contribution in [0.15, 0.2) is 122 Å². The summed E-state index contributed by atoms with van der Waals surface area (Å²) in [7, 11) is 0. The van der Waals surface area contributed by atoms with Gasteiger partial charge in [-0.3, -0.25) is 0 Å². The predicted octanol–water partition coefficient (Wildman–Crippen LogP) is 6.07. The fourth-order valence-corrected chi connectivity index (χ4v) is 3.82. The van der Waals surface area contributed by atoms with E-state index < -0.39 is 0 Å². The minimum atomic E-state index is -0.103. The highest BCUT2D eigenvalue weighted by Gasteiger charge is 2.17. The van der Waals surface area contributed by atoms with Crippen LogP contribution in [-0.2, 0) is 13.2 Å². The van der Waals surface area contributed by atoms with Gasteiger partial charge in [0.25, 0.3) is 0 Å². The van der Waals surface area contributed by atoms with Gasteiger partial charge in [0.1, 0.15) is 43.4 Å². The van der Waals surface area contributed by atoms with Crippen molar-refractivity contribution in [1.82, 2.24) is 14.8 Å². The normalized spacial score (nSPS) is 10.9. The highest BCUT2D eigenvalue weighted by molar-refractivity contribution is 5.38. The summed E-state index contributed by atoms with van der Waals surface area (Å²) in [5.41, 5.74) is 4.47. The van der Waals surface area contributed by atoms with Crippen molar-refractivity contribution in [3.63, 3.8) is 0 Å². The molecular weight excluding hydrogens is 422 g/mol. The highest BCUT2D eigenvalue weighted by Crippen LogP contribution is 2.29. The van der Waals surface area contributed by atoms with Crippen molar-refractivity contribution < 1.29 is 9.47 Å². The quantitative estimate of drug-likeness (QED) is 0.275. The summed E-state index contributed by atoms with van der Waals surface area (Å²) in [6.45, 7) is 1.08. The second-order valence-corrected chi connectivity index (χ2v) is 7.96. The third-order valence-corrected chi connectivity index (χ3v) is 5.59. The van der Waals surface area contributed by atoms with E-state index >= 15 is 0 Å². The molecule has 0 bridgehead atoms. The van der Waals surface area contributed by atoms with E-state index in [1.807, 2.05) is 65.3 Å².